The van der Waals surface area contributed by atoms with Gasteiger partial charge in [-0.1, -0.05) is 13.3 Å². The molecule has 1 heterocycles. The first-order valence-electron chi connectivity index (χ1n) is 6.33. The number of amides is 1. The Balaban J connectivity index is 2.05. The number of carbonyl (C=O) groups excluding carboxylic acids is 1. The molecule has 4 nitrogen and oxygen atoms in total. The zero-order valence-corrected chi connectivity index (χ0v) is 10.2. The maximum Gasteiger partial charge on any atom is 0.220 e. The molecule has 0 aromatic heterocycles. The van der Waals surface area contributed by atoms with Crippen molar-refractivity contribution in [3.05, 3.63) is 0 Å². The van der Waals surface area contributed by atoms with E-state index in [1.165, 1.54) is 19.3 Å². The quantitative estimate of drug-likeness (QED) is 0.625. The number of aliphatic hydroxyl groups excluding tert-OH is 1. The van der Waals surface area contributed by atoms with Gasteiger partial charge in [-0.05, 0) is 31.7 Å². The minimum absolute atomic E-state index is 0.104. The highest BCUT2D eigenvalue weighted by Crippen LogP contribution is 2.11. The molecule has 94 valence electrons. The van der Waals surface area contributed by atoms with Crippen molar-refractivity contribution in [1.29, 1.82) is 0 Å². The fourth-order valence-electron chi connectivity index (χ4n) is 1.92. The SMILES string of the molecule is CC(CO)CNC(=O)CCC1CCCCN1. The molecule has 1 fully saturated rings. The average Bonchev–Trinajstić information content (AvgIpc) is 2.34. The van der Waals surface area contributed by atoms with Gasteiger partial charge in [0.2, 0.25) is 5.91 Å². The molecular weight excluding hydrogens is 204 g/mol. The Morgan fingerprint density at radius 3 is 3.00 bits per heavy atom. The second-order valence-corrected chi connectivity index (χ2v) is 4.78. The van der Waals surface area contributed by atoms with Crippen molar-refractivity contribution in [3.63, 3.8) is 0 Å². The number of piperidine rings is 1. The number of hydrogen-bond donors (Lipinski definition) is 3. The van der Waals surface area contributed by atoms with Crippen LogP contribution >= 0.6 is 0 Å². The Morgan fingerprint density at radius 2 is 2.38 bits per heavy atom. The lowest BCUT2D eigenvalue weighted by Gasteiger charge is -2.23. The van der Waals surface area contributed by atoms with E-state index in [4.69, 9.17) is 5.11 Å². The molecule has 0 spiro atoms. The van der Waals surface area contributed by atoms with Crippen LogP contribution in [0, 0.1) is 5.92 Å². The summed E-state index contributed by atoms with van der Waals surface area (Å²) < 4.78 is 0. The lowest BCUT2D eigenvalue weighted by molar-refractivity contribution is -0.121. The first kappa shape index (κ1) is 13.5. The number of carbonyl (C=O) groups is 1. The van der Waals surface area contributed by atoms with Crippen molar-refractivity contribution < 1.29 is 9.90 Å². The molecule has 3 N–H and O–H groups in total. The zero-order chi connectivity index (χ0) is 11.8. The Bertz CT molecular complexity index is 203. The van der Waals surface area contributed by atoms with Gasteiger partial charge in [-0.25, -0.2) is 0 Å². The molecule has 1 aliphatic rings. The molecule has 1 rings (SSSR count). The van der Waals surface area contributed by atoms with E-state index in [1.54, 1.807) is 0 Å². The van der Waals surface area contributed by atoms with Crippen LogP contribution in [0.5, 0.6) is 0 Å². The molecule has 16 heavy (non-hydrogen) atoms. The topological polar surface area (TPSA) is 61.4 Å². The number of nitrogens with one attached hydrogen (secondary N) is 2. The highest BCUT2D eigenvalue weighted by Gasteiger charge is 2.14. The van der Waals surface area contributed by atoms with E-state index in [-0.39, 0.29) is 18.4 Å². The maximum atomic E-state index is 11.5. The lowest BCUT2D eigenvalue weighted by Crippen LogP contribution is -2.36. The van der Waals surface area contributed by atoms with Gasteiger partial charge in [-0.15, -0.1) is 0 Å². The predicted molar refractivity (Wildman–Crippen MR) is 64.1 cm³/mol. The third-order valence-electron chi connectivity index (χ3n) is 3.09. The van der Waals surface area contributed by atoms with Crippen molar-refractivity contribution in [2.75, 3.05) is 19.7 Å². The summed E-state index contributed by atoms with van der Waals surface area (Å²) in [5, 5.41) is 15.1. The molecule has 4 heteroatoms. The summed E-state index contributed by atoms with van der Waals surface area (Å²) in [4.78, 5) is 11.5. The third kappa shape index (κ3) is 5.47. The summed E-state index contributed by atoms with van der Waals surface area (Å²) in [5.74, 6) is 0.254. The Kier molecular flexibility index (Phi) is 6.42. The Hall–Kier alpha value is -0.610. The molecular formula is C12H24N2O2. The highest BCUT2D eigenvalue weighted by molar-refractivity contribution is 5.75. The van der Waals surface area contributed by atoms with E-state index in [1.807, 2.05) is 6.92 Å². The Labute approximate surface area is 97.8 Å². The molecule has 0 aromatic rings. The normalized spacial score (nSPS) is 22.8. The molecule has 1 aliphatic heterocycles. The number of hydrogen-bond acceptors (Lipinski definition) is 3. The van der Waals surface area contributed by atoms with Gasteiger partial charge in [0.25, 0.3) is 0 Å². The van der Waals surface area contributed by atoms with Gasteiger partial charge in [-0.3, -0.25) is 4.79 Å². The van der Waals surface area contributed by atoms with E-state index < -0.39 is 0 Å². The first-order chi connectivity index (χ1) is 7.72. The van der Waals surface area contributed by atoms with Crippen molar-refractivity contribution in [2.45, 2.75) is 45.1 Å². The fraction of sp³-hybridized carbons (Fsp3) is 0.917. The van der Waals surface area contributed by atoms with E-state index >= 15 is 0 Å². The molecule has 1 amide bonds. The Morgan fingerprint density at radius 1 is 1.56 bits per heavy atom. The zero-order valence-electron chi connectivity index (χ0n) is 10.2. The largest absolute Gasteiger partial charge is 0.396 e. The highest BCUT2D eigenvalue weighted by atomic mass is 16.3. The van der Waals surface area contributed by atoms with Crippen LogP contribution in [0.4, 0.5) is 0 Å². The maximum absolute atomic E-state index is 11.5. The van der Waals surface area contributed by atoms with Crippen molar-refractivity contribution >= 4 is 5.91 Å². The molecule has 2 unspecified atom stereocenters. The average molecular weight is 228 g/mol. The summed E-state index contributed by atoms with van der Waals surface area (Å²) in [6.07, 6.45) is 5.26. The van der Waals surface area contributed by atoms with Crippen LogP contribution in [0.15, 0.2) is 0 Å². The van der Waals surface area contributed by atoms with E-state index in [9.17, 15) is 4.79 Å². The van der Waals surface area contributed by atoms with Crippen LogP contribution in [0.2, 0.25) is 0 Å². The van der Waals surface area contributed by atoms with Crippen molar-refractivity contribution in [2.24, 2.45) is 5.92 Å². The summed E-state index contributed by atoms with van der Waals surface area (Å²) in [6.45, 7) is 3.72. The van der Waals surface area contributed by atoms with Crippen LogP contribution in [0.1, 0.15) is 39.0 Å². The number of aliphatic hydroxyl groups is 1. The monoisotopic (exact) mass is 228 g/mol. The lowest BCUT2D eigenvalue weighted by atomic mass is 10.0. The molecule has 0 saturated carbocycles. The summed E-state index contributed by atoms with van der Waals surface area (Å²) in [6, 6.07) is 0.523. The van der Waals surface area contributed by atoms with Crippen molar-refractivity contribution in [3.8, 4) is 0 Å². The van der Waals surface area contributed by atoms with Crippen LogP contribution in [-0.2, 0) is 4.79 Å². The second-order valence-electron chi connectivity index (χ2n) is 4.78. The van der Waals surface area contributed by atoms with Crippen LogP contribution in [0.3, 0.4) is 0 Å². The molecule has 0 bridgehead atoms. The first-order valence-corrected chi connectivity index (χ1v) is 6.33. The van der Waals surface area contributed by atoms with Gasteiger partial charge in [0, 0.05) is 25.6 Å². The third-order valence-corrected chi connectivity index (χ3v) is 3.09. The summed E-state index contributed by atoms with van der Waals surface area (Å²) in [7, 11) is 0. The fourth-order valence-corrected chi connectivity index (χ4v) is 1.92. The van der Waals surface area contributed by atoms with Crippen LogP contribution in [-0.4, -0.2) is 36.8 Å². The van der Waals surface area contributed by atoms with Gasteiger partial charge in [0.1, 0.15) is 0 Å². The smallest absolute Gasteiger partial charge is 0.220 e. The standard InChI is InChI=1S/C12H24N2O2/c1-10(9-15)8-14-12(16)6-5-11-4-2-3-7-13-11/h10-11,13,15H,2-9H2,1H3,(H,14,16). The molecule has 0 radical (unpaired) electrons. The summed E-state index contributed by atoms with van der Waals surface area (Å²) >= 11 is 0. The van der Waals surface area contributed by atoms with E-state index in [0.29, 0.717) is 19.0 Å². The van der Waals surface area contributed by atoms with Gasteiger partial charge in [0.15, 0.2) is 0 Å². The van der Waals surface area contributed by atoms with Crippen LogP contribution in [0.25, 0.3) is 0 Å². The number of rotatable bonds is 6. The van der Waals surface area contributed by atoms with Crippen LogP contribution < -0.4 is 10.6 Å². The molecule has 0 aromatic carbocycles. The van der Waals surface area contributed by atoms with Gasteiger partial charge < -0.3 is 15.7 Å². The summed E-state index contributed by atoms with van der Waals surface area (Å²) in [5.41, 5.74) is 0. The minimum atomic E-state index is 0.104. The molecule has 1 saturated heterocycles. The minimum Gasteiger partial charge on any atom is -0.396 e. The molecule has 0 aliphatic carbocycles. The van der Waals surface area contributed by atoms with Gasteiger partial charge in [-0.2, -0.15) is 0 Å². The van der Waals surface area contributed by atoms with E-state index in [0.717, 1.165) is 13.0 Å². The van der Waals surface area contributed by atoms with Crippen molar-refractivity contribution in [1.82, 2.24) is 10.6 Å². The molecule has 2 atom stereocenters. The predicted octanol–water partition coefficient (Wildman–Crippen LogP) is 0.653. The van der Waals surface area contributed by atoms with Gasteiger partial charge in [0.05, 0.1) is 0 Å². The van der Waals surface area contributed by atoms with E-state index in [2.05, 4.69) is 10.6 Å². The second kappa shape index (κ2) is 7.63. The van der Waals surface area contributed by atoms with Gasteiger partial charge >= 0.3 is 0 Å².